The van der Waals surface area contributed by atoms with Gasteiger partial charge in [0.25, 0.3) is 0 Å². The molecule has 3 aromatic rings. The first-order valence-electron chi connectivity index (χ1n) is 13.3. The van der Waals surface area contributed by atoms with Gasteiger partial charge in [-0.1, -0.05) is 45.7 Å². The van der Waals surface area contributed by atoms with Crippen molar-refractivity contribution >= 4 is 22.7 Å². The van der Waals surface area contributed by atoms with E-state index in [9.17, 15) is 0 Å². The highest BCUT2D eigenvalue weighted by molar-refractivity contribution is 5.94. The Morgan fingerprint density at radius 2 is 1.79 bits per heavy atom. The van der Waals surface area contributed by atoms with E-state index in [4.69, 9.17) is 9.97 Å². The molecule has 0 spiro atoms. The van der Waals surface area contributed by atoms with Crippen molar-refractivity contribution in [2.45, 2.75) is 90.8 Å². The van der Waals surface area contributed by atoms with Gasteiger partial charge in [0.15, 0.2) is 0 Å². The van der Waals surface area contributed by atoms with Crippen LogP contribution >= 0.6 is 0 Å². The lowest BCUT2D eigenvalue weighted by molar-refractivity contribution is 0.458. The largest absolute Gasteiger partial charge is 0.382 e. The zero-order chi connectivity index (χ0) is 23.9. The van der Waals surface area contributed by atoms with E-state index in [1.807, 2.05) is 6.20 Å². The zero-order valence-electron chi connectivity index (χ0n) is 21.4. The van der Waals surface area contributed by atoms with E-state index in [-0.39, 0.29) is 0 Å². The lowest BCUT2D eigenvalue weighted by atomic mass is 10.0. The minimum absolute atomic E-state index is 0.364. The Kier molecular flexibility index (Phi) is 8.44. The molecule has 2 aromatic heterocycles. The molecule has 1 saturated heterocycles. The summed E-state index contributed by atoms with van der Waals surface area (Å²) in [6.07, 6.45) is 12.3. The molecule has 1 aromatic carbocycles. The van der Waals surface area contributed by atoms with Crippen molar-refractivity contribution in [1.82, 2.24) is 19.9 Å². The van der Waals surface area contributed by atoms with Crippen LogP contribution in [0.5, 0.6) is 0 Å². The summed E-state index contributed by atoms with van der Waals surface area (Å²) >= 11 is 0. The van der Waals surface area contributed by atoms with Crippen molar-refractivity contribution in [2.24, 2.45) is 0 Å². The van der Waals surface area contributed by atoms with Crippen LogP contribution in [-0.4, -0.2) is 39.7 Å². The normalized spacial score (nSPS) is 16.5. The van der Waals surface area contributed by atoms with Gasteiger partial charge in [-0.2, -0.15) is 4.98 Å². The summed E-state index contributed by atoms with van der Waals surface area (Å²) in [6.45, 7) is 11.1. The SMILES string of the molecule is CCCC(CC)n1cc(-c2ccc(NC3CCNCC3)cc2)c2cnc(N[C@@H](C)CCC)nc21. The van der Waals surface area contributed by atoms with E-state index in [2.05, 4.69) is 78.7 Å². The molecule has 4 rings (SSSR count). The Bertz CT molecular complexity index is 1030. The first-order valence-corrected chi connectivity index (χ1v) is 13.3. The molecule has 1 aliphatic rings. The van der Waals surface area contributed by atoms with Gasteiger partial charge in [-0.25, -0.2) is 4.98 Å². The minimum Gasteiger partial charge on any atom is -0.382 e. The van der Waals surface area contributed by atoms with Crippen LogP contribution in [0.3, 0.4) is 0 Å². The van der Waals surface area contributed by atoms with Crippen LogP contribution in [0.25, 0.3) is 22.2 Å². The minimum atomic E-state index is 0.364. The summed E-state index contributed by atoms with van der Waals surface area (Å²) in [5, 5.41) is 11.8. The molecule has 34 heavy (non-hydrogen) atoms. The van der Waals surface area contributed by atoms with Crippen molar-refractivity contribution in [3.8, 4) is 11.1 Å². The summed E-state index contributed by atoms with van der Waals surface area (Å²) in [7, 11) is 0. The highest BCUT2D eigenvalue weighted by Crippen LogP contribution is 2.34. The number of nitrogens with zero attached hydrogens (tertiary/aromatic N) is 3. The van der Waals surface area contributed by atoms with Gasteiger partial charge < -0.3 is 20.5 Å². The third kappa shape index (κ3) is 5.72. The molecule has 1 aliphatic heterocycles. The molecule has 0 saturated carbocycles. The van der Waals surface area contributed by atoms with E-state index in [1.165, 1.54) is 29.7 Å². The number of rotatable bonds is 11. The van der Waals surface area contributed by atoms with E-state index in [1.54, 1.807) is 0 Å². The van der Waals surface area contributed by atoms with Crippen molar-refractivity contribution in [3.63, 3.8) is 0 Å². The molecule has 0 radical (unpaired) electrons. The summed E-state index contributed by atoms with van der Waals surface area (Å²) in [5.74, 6) is 0.729. The molecule has 3 heterocycles. The van der Waals surface area contributed by atoms with Gasteiger partial charge in [-0.3, -0.25) is 0 Å². The molecule has 0 amide bonds. The number of nitrogens with one attached hydrogen (secondary N) is 3. The molecule has 1 unspecified atom stereocenters. The maximum Gasteiger partial charge on any atom is 0.224 e. The molecule has 0 bridgehead atoms. The van der Waals surface area contributed by atoms with Crippen LogP contribution < -0.4 is 16.0 Å². The number of benzene rings is 1. The Morgan fingerprint density at radius 3 is 2.47 bits per heavy atom. The molecule has 0 aliphatic carbocycles. The third-order valence-corrected chi connectivity index (χ3v) is 7.06. The van der Waals surface area contributed by atoms with Crippen LogP contribution in [0.1, 0.15) is 78.7 Å². The van der Waals surface area contributed by atoms with Crippen LogP contribution in [-0.2, 0) is 0 Å². The van der Waals surface area contributed by atoms with E-state index in [0.717, 1.165) is 62.2 Å². The molecule has 184 valence electrons. The number of fused-ring (bicyclic) bond motifs is 1. The number of hydrogen-bond acceptors (Lipinski definition) is 5. The van der Waals surface area contributed by atoms with Gasteiger partial charge >= 0.3 is 0 Å². The number of aromatic nitrogens is 3. The van der Waals surface area contributed by atoms with E-state index >= 15 is 0 Å². The maximum absolute atomic E-state index is 5.01. The highest BCUT2D eigenvalue weighted by atomic mass is 15.2. The van der Waals surface area contributed by atoms with Crippen LogP contribution in [0.15, 0.2) is 36.7 Å². The Labute approximate surface area is 205 Å². The second-order valence-corrected chi connectivity index (χ2v) is 9.81. The fraction of sp³-hybridized carbons (Fsp3) is 0.571. The maximum atomic E-state index is 5.01. The van der Waals surface area contributed by atoms with Gasteiger partial charge in [0, 0.05) is 47.2 Å². The van der Waals surface area contributed by atoms with Crippen molar-refractivity contribution in [3.05, 3.63) is 36.7 Å². The lowest BCUT2D eigenvalue weighted by Gasteiger charge is -2.24. The highest BCUT2D eigenvalue weighted by Gasteiger charge is 2.19. The summed E-state index contributed by atoms with van der Waals surface area (Å²) in [4.78, 5) is 9.71. The first kappa shape index (κ1) is 24.5. The van der Waals surface area contributed by atoms with Gasteiger partial charge in [-0.05, 0) is 69.8 Å². The molecular weight excluding hydrogens is 420 g/mol. The summed E-state index contributed by atoms with van der Waals surface area (Å²) < 4.78 is 2.40. The van der Waals surface area contributed by atoms with Crippen LogP contribution in [0.4, 0.5) is 11.6 Å². The number of hydrogen-bond donors (Lipinski definition) is 3. The fourth-order valence-corrected chi connectivity index (χ4v) is 5.15. The van der Waals surface area contributed by atoms with Gasteiger partial charge in [0.05, 0.1) is 0 Å². The Hall–Kier alpha value is -2.60. The monoisotopic (exact) mass is 462 g/mol. The fourth-order valence-electron chi connectivity index (χ4n) is 5.15. The third-order valence-electron chi connectivity index (χ3n) is 7.06. The second-order valence-electron chi connectivity index (χ2n) is 9.81. The molecule has 2 atom stereocenters. The van der Waals surface area contributed by atoms with E-state index in [0.29, 0.717) is 18.1 Å². The predicted molar refractivity (Wildman–Crippen MR) is 145 cm³/mol. The quantitative estimate of drug-likeness (QED) is 0.299. The van der Waals surface area contributed by atoms with Crippen LogP contribution in [0, 0.1) is 0 Å². The number of piperidine rings is 1. The smallest absolute Gasteiger partial charge is 0.224 e. The molecule has 3 N–H and O–H groups in total. The van der Waals surface area contributed by atoms with E-state index < -0.39 is 0 Å². The summed E-state index contributed by atoms with van der Waals surface area (Å²) in [5.41, 5.74) is 4.67. The molecule has 1 fully saturated rings. The zero-order valence-corrected chi connectivity index (χ0v) is 21.4. The first-order chi connectivity index (χ1) is 16.6. The topological polar surface area (TPSA) is 66.8 Å². The van der Waals surface area contributed by atoms with Crippen molar-refractivity contribution in [2.75, 3.05) is 23.7 Å². The van der Waals surface area contributed by atoms with Gasteiger partial charge in [-0.15, -0.1) is 0 Å². The molecular formula is C28H42N6. The van der Waals surface area contributed by atoms with Crippen molar-refractivity contribution < 1.29 is 0 Å². The average Bonchev–Trinajstić information content (AvgIpc) is 3.22. The van der Waals surface area contributed by atoms with Gasteiger partial charge in [0.2, 0.25) is 5.95 Å². The standard InChI is InChI=1S/C28H42N6/c1-5-8-20(4)31-28-30-18-25-26(19-34(27(25)33-28)24(7-3)9-6-2)21-10-12-22(13-11-21)32-23-14-16-29-17-15-23/h10-13,18-20,23-24,29,32H,5-9,14-17H2,1-4H3,(H,30,31,33)/t20-,24?/m0/s1. The second kappa shape index (κ2) is 11.7. The predicted octanol–water partition coefficient (Wildman–Crippen LogP) is 6.61. The molecule has 6 nitrogen and oxygen atoms in total. The Balaban J connectivity index is 1.66. The van der Waals surface area contributed by atoms with Crippen LogP contribution in [0.2, 0.25) is 0 Å². The van der Waals surface area contributed by atoms with Crippen molar-refractivity contribution in [1.29, 1.82) is 0 Å². The lowest BCUT2D eigenvalue weighted by Crippen LogP contribution is -2.35. The Morgan fingerprint density at radius 1 is 1.06 bits per heavy atom. The van der Waals surface area contributed by atoms with Gasteiger partial charge in [0.1, 0.15) is 5.65 Å². The summed E-state index contributed by atoms with van der Waals surface area (Å²) in [6, 6.07) is 10.3. The molecule has 6 heteroatoms. The number of anilines is 2. The average molecular weight is 463 g/mol.